The van der Waals surface area contributed by atoms with Crippen LogP contribution in [0.1, 0.15) is 69.3 Å². The number of rotatable bonds is 6. The largest absolute Gasteiger partial charge is 0.453 e. The van der Waals surface area contributed by atoms with Crippen LogP contribution in [-0.4, -0.2) is 62.6 Å². The second-order valence-corrected chi connectivity index (χ2v) is 11.4. The van der Waals surface area contributed by atoms with Gasteiger partial charge < -0.3 is 19.3 Å². The van der Waals surface area contributed by atoms with E-state index in [4.69, 9.17) is 9.47 Å². The van der Waals surface area contributed by atoms with Crippen LogP contribution < -0.4 is 0 Å². The third-order valence-corrected chi connectivity index (χ3v) is 7.17. The Morgan fingerprint density at radius 3 is 2.02 bits per heavy atom. The Balaban J connectivity index is 2.04. The van der Waals surface area contributed by atoms with Gasteiger partial charge in [0.05, 0.1) is 18.2 Å². The van der Waals surface area contributed by atoms with E-state index < -0.39 is 65.9 Å². The number of amides is 2. The Morgan fingerprint density at radius 2 is 1.57 bits per heavy atom. The number of carbonyl (C=O) groups is 2. The first-order chi connectivity index (χ1) is 19.3. The topological polar surface area (TPSA) is 76.9 Å². The van der Waals surface area contributed by atoms with Crippen LogP contribution in [0.25, 0.3) is 0 Å². The summed E-state index contributed by atoms with van der Waals surface area (Å²) in [6, 6.07) is 1.37. The van der Waals surface area contributed by atoms with Crippen molar-refractivity contribution in [2.45, 2.75) is 96.0 Å². The molecule has 234 valence electrons. The van der Waals surface area contributed by atoms with Gasteiger partial charge in [-0.05, 0) is 69.9 Å². The maximum absolute atomic E-state index is 13.5. The highest BCUT2D eigenvalue weighted by molar-refractivity contribution is 5.70. The molecule has 1 fully saturated rings. The number of likely N-dealkylation sites (tertiary alicyclic amines) is 1. The van der Waals surface area contributed by atoms with E-state index in [9.17, 15) is 35.9 Å². The molecule has 14 heteroatoms. The molecule has 3 unspecified atom stereocenters. The summed E-state index contributed by atoms with van der Waals surface area (Å²) >= 11 is 0. The lowest BCUT2D eigenvalue weighted by molar-refractivity contribution is -0.143. The first kappa shape index (κ1) is 33.1. The van der Waals surface area contributed by atoms with E-state index in [0.29, 0.717) is 25.0 Å². The highest BCUT2D eigenvalue weighted by atomic mass is 19.4. The van der Waals surface area contributed by atoms with Gasteiger partial charge in [-0.1, -0.05) is 6.92 Å². The number of benzene rings is 1. The molecule has 0 N–H and O–H groups in total. The standard InChI is InChI=1S/C28H36F6N4O4/c1-7-20-13-22(15-23(14-21-8-9-35-36(21)5)38(20)25(40)42-26(2,3)4)37(24(39)41-6)16-17-10-18(27(29,30)31)12-19(11-17)28(32,33)34/h8-12,20,22-23H,7,13-16H2,1-6H3. The van der Waals surface area contributed by atoms with Crippen molar-refractivity contribution in [1.82, 2.24) is 19.6 Å². The van der Waals surface area contributed by atoms with Crippen molar-refractivity contribution >= 4 is 12.2 Å². The Morgan fingerprint density at radius 1 is 1.00 bits per heavy atom. The van der Waals surface area contributed by atoms with Gasteiger partial charge in [0.15, 0.2) is 0 Å². The predicted molar refractivity (Wildman–Crippen MR) is 140 cm³/mol. The zero-order valence-corrected chi connectivity index (χ0v) is 24.3. The molecule has 1 aliphatic rings. The minimum atomic E-state index is -5.04. The molecule has 8 nitrogen and oxygen atoms in total. The van der Waals surface area contributed by atoms with Crippen LogP contribution in [0.15, 0.2) is 30.5 Å². The molecule has 0 aliphatic carbocycles. The first-order valence-corrected chi connectivity index (χ1v) is 13.4. The highest BCUT2D eigenvalue weighted by Gasteiger charge is 2.44. The number of halogens is 6. The van der Waals surface area contributed by atoms with Crippen molar-refractivity contribution in [3.05, 3.63) is 52.8 Å². The number of hydrogen-bond donors (Lipinski definition) is 0. The summed E-state index contributed by atoms with van der Waals surface area (Å²) in [4.78, 5) is 29.1. The fourth-order valence-corrected chi connectivity index (χ4v) is 5.27. The van der Waals surface area contributed by atoms with E-state index >= 15 is 0 Å². The number of aryl methyl sites for hydroxylation is 1. The second-order valence-electron chi connectivity index (χ2n) is 11.4. The van der Waals surface area contributed by atoms with Crippen molar-refractivity contribution in [3.8, 4) is 0 Å². The molecule has 3 atom stereocenters. The molecule has 2 amide bonds. The number of ether oxygens (including phenoxy) is 2. The van der Waals surface area contributed by atoms with Gasteiger partial charge in [0.2, 0.25) is 0 Å². The smallest absolute Gasteiger partial charge is 0.416 e. The number of nitrogens with zero attached hydrogens (tertiary/aromatic N) is 4. The normalized spacial score (nSPS) is 19.9. The number of methoxy groups -OCH3 is 1. The molecular formula is C28H36F6N4O4. The highest BCUT2D eigenvalue weighted by Crippen LogP contribution is 2.38. The molecule has 2 heterocycles. The van der Waals surface area contributed by atoms with Crippen LogP contribution in [0.2, 0.25) is 0 Å². The lowest BCUT2D eigenvalue weighted by Crippen LogP contribution is -2.59. The maximum Gasteiger partial charge on any atom is 0.416 e. The summed E-state index contributed by atoms with van der Waals surface area (Å²) in [5.74, 6) is 0. The predicted octanol–water partition coefficient (Wildman–Crippen LogP) is 6.82. The fourth-order valence-electron chi connectivity index (χ4n) is 5.27. The van der Waals surface area contributed by atoms with Crippen molar-refractivity contribution in [1.29, 1.82) is 0 Å². The molecule has 0 spiro atoms. The monoisotopic (exact) mass is 606 g/mol. The quantitative estimate of drug-likeness (QED) is 0.338. The maximum atomic E-state index is 13.5. The van der Waals surface area contributed by atoms with E-state index in [1.165, 1.54) is 0 Å². The minimum Gasteiger partial charge on any atom is -0.453 e. The second kappa shape index (κ2) is 12.4. The van der Waals surface area contributed by atoms with Crippen molar-refractivity contribution < 1.29 is 45.4 Å². The van der Waals surface area contributed by atoms with Gasteiger partial charge in [0, 0.05) is 50.0 Å². The number of carbonyl (C=O) groups excluding carboxylic acids is 2. The number of piperidine rings is 1. The molecule has 1 aliphatic heterocycles. The van der Waals surface area contributed by atoms with E-state index in [1.54, 1.807) is 49.7 Å². The number of aromatic nitrogens is 2. The fraction of sp³-hybridized carbons (Fsp3) is 0.607. The van der Waals surface area contributed by atoms with Crippen LogP contribution in [0.3, 0.4) is 0 Å². The Hall–Kier alpha value is -3.45. The molecule has 42 heavy (non-hydrogen) atoms. The SMILES string of the molecule is CCC1CC(N(Cc2cc(C(F)(F)F)cc(C(F)(F)F)c2)C(=O)OC)CC(Cc2ccnn2C)N1C(=O)OC(C)(C)C. The van der Waals surface area contributed by atoms with E-state index in [2.05, 4.69) is 5.10 Å². The lowest BCUT2D eigenvalue weighted by atomic mass is 9.87. The molecule has 0 saturated carbocycles. The third-order valence-electron chi connectivity index (χ3n) is 7.17. The first-order valence-electron chi connectivity index (χ1n) is 13.4. The van der Waals surface area contributed by atoms with Crippen LogP contribution in [0.5, 0.6) is 0 Å². The molecule has 2 aromatic rings. The molecule has 1 saturated heterocycles. The van der Waals surface area contributed by atoms with Gasteiger partial charge in [-0.2, -0.15) is 31.4 Å². The van der Waals surface area contributed by atoms with Crippen LogP contribution in [0.4, 0.5) is 35.9 Å². The Labute approximate surface area is 240 Å². The summed E-state index contributed by atoms with van der Waals surface area (Å²) < 4.78 is 93.4. The molecule has 0 bridgehead atoms. The average molecular weight is 607 g/mol. The van der Waals surface area contributed by atoms with Gasteiger partial charge in [-0.15, -0.1) is 0 Å². The average Bonchev–Trinajstić information content (AvgIpc) is 3.27. The van der Waals surface area contributed by atoms with Gasteiger partial charge in [-0.25, -0.2) is 9.59 Å². The summed E-state index contributed by atoms with van der Waals surface area (Å²) in [5, 5.41) is 4.17. The Kier molecular flexibility index (Phi) is 9.78. The summed E-state index contributed by atoms with van der Waals surface area (Å²) in [7, 11) is 2.82. The van der Waals surface area contributed by atoms with Gasteiger partial charge in [0.1, 0.15) is 5.60 Å². The zero-order chi connectivity index (χ0) is 31.6. The molecule has 3 rings (SSSR count). The van der Waals surface area contributed by atoms with E-state index in [-0.39, 0.29) is 24.5 Å². The molecule has 1 aromatic carbocycles. The minimum absolute atomic E-state index is 0.0440. The van der Waals surface area contributed by atoms with Gasteiger partial charge >= 0.3 is 24.5 Å². The van der Waals surface area contributed by atoms with Crippen LogP contribution in [0, 0.1) is 0 Å². The molecule has 0 radical (unpaired) electrons. The molecule has 1 aromatic heterocycles. The summed E-state index contributed by atoms with van der Waals surface area (Å²) in [6.07, 6.45) is -8.80. The molecular weight excluding hydrogens is 570 g/mol. The van der Waals surface area contributed by atoms with Gasteiger partial charge in [-0.3, -0.25) is 4.68 Å². The number of alkyl halides is 6. The number of hydrogen-bond acceptors (Lipinski definition) is 5. The van der Waals surface area contributed by atoms with Crippen LogP contribution in [-0.2, 0) is 41.8 Å². The zero-order valence-electron chi connectivity index (χ0n) is 24.3. The van der Waals surface area contributed by atoms with Crippen molar-refractivity contribution in [2.75, 3.05) is 7.11 Å². The van der Waals surface area contributed by atoms with E-state index in [1.807, 2.05) is 6.92 Å². The van der Waals surface area contributed by atoms with Gasteiger partial charge in [0.25, 0.3) is 0 Å². The van der Waals surface area contributed by atoms with Crippen molar-refractivity contribution in [3.63, 3.8) is 0 Å². The lowest BCUT2D eigenvalue weighted by Gasteiger charge is -2.47. The third kappa shape index (κ3) is 8.09. The van der Waals surface area contributed by atoms with Crippen LogP contribution >= 0.6 is 0 Å². The summed E-state index contributed by atoms with van der Waals surface area (Å²) in [5.41, 5.74) is -3.31. The van der Waals surface area contributed by atoms with E-state index in [0.717, 1.165) is 17.7 Å². The van der Waals surface area contributed by atoms with Crippen molar-refractivity contribution in [2.24, 2.45) is 7.05 Å². The summed E-state index contributed by atoms with van der Waals surface area (Å²) in [6.45, 7) is 6.48. The Bertz CT molecular complexity index is 1220.